The van der Waals surface area contributed by atoms with Crippen molar-refractivity contribution in [2.24, 2.45) is 5.10 Å². The monoisotopic (exact) mass is 400 g/mol. The maximum Gasteiger partial charge on any atom is 0.255 e. The molecule has 8 heteroatoms. The van der Waals surface area contributed by atoms with Crippen molar-refractivity contribution in [3.8, 4) is 0 Å². The van der Waals surface area contributed by atoms with Gasteiger partial charge in [-0.25, -0.2) is 13.8 Å². The smallest absolute Gasteiger partial charge is 0.255 e. The van der Waals surface area contributed by atoms with Crippen molar-refractivity contribution in [2.45, 2.75) is 43.0 Å². The summed E-state index contributed by atoms with van der Waals surface area (Å²) in [6.45, 7) is -0.262. The van der Waals surface area contributed by atoms with Gasteiger partial charge in [0.15, 0.2) is 0 Å². The topological polar surface area (TPSA) is 91.7 Å². The van der Waals surface area contributed by atoms with Gasteiger partial charge in [0.2, 0.25) is 10.0 Å². The second-order valence-corrected chi connectivity index (χ2v) is 8.59. The van der Waals surface area contributed by atoms with Gasteiger partial charge in [-0.15, -0.1) is 0 Å². The van der Waals surface area contributed by atoms with Crippen LogP contribution < -0.4 is 5.43 Å². The molecule has 1 N–H and O–H groups in total. The van der Waals surface area contributed by atoms with Crippen LogP contribution in [0, 0.1) is 0 Å². The molecule has 1 aliphatic rings. The number of nitrogens with zero attached hydrogens (tertiary/aromatic N) is 3. The Bertz CT molecular complexity index is 896. The molecule has 28 heavy (non-hydrogen) atoms. The first-order chi connectivity index (χ1) is 13.6. The first-order valence-electron chi connectivity index (χ1n) is 9.37. The normalized spacial score (nSPS) is 15.8. The van der Waals surface area contributed by atoms with Crippen molar-refractivity contribution < 1.29 is 13.2 Å². The van der Waals surface area contributed by atoms with Gasteiger partial charge in [-0.2, -0.15) is 9.41 Å². The molecule has 0 radical (unpaired) electrons. The van der Waals surface area contributed by atoms with Crippen LogP contribution in [0.5, 0.6) is 0 Å². The number of sulfonamides is 1. The van der Waals surface area contributed by atoms with Crippen LogP contribution in [0.2, 0.25) is 0 Å². The number of carbonyl (C=O) groups is 1. The summed E-state index contributed by atoms with van der Waals surface area (Å²) in [5.74, 6) is -0.475. The Kier molecular flexibility index (Phi) is 6.89. The Labute approximate surface area is 165 Å². The summed E-state index contributed by atoms with van der Waals surface area (Å²) in [7, 11) is -3.76. The Balaban J connectivity index is 1.73. The lowest BCUT2D eigenvalue weighted by Gasteiger charge is -2.32. The number of hydrogen-bond acceptors (Lipinski definition) is 5. The molecule has 0 saturated heterocycles. The van der Waals surface area contributed by atoms with E-state index in [0.717, 1.165) is 32.1 Å². The summed E-state index contributed by atoms with van der Waals surface area (Å²) in [4.78, 5) is 16.7. The summed E-state index contributed by atoms with van der Waals surface area (Å²) < 4.78 is 27.6. The van der Waals surface area contributed by atoms with Crippen LogP contribution in [0.15, 0.2) is 64.7 Å². The maximum absolute atomic E-state index is 13.2. The molecular weight excluding hydrogens is 376 g/mol. The van der Waals surface area contributed by atoms with Gasteiger partial charge < -0.3 is 0 Å². The molecule has 3 rings (SSSR count). The van der Waals surface area contributed by atoms with Gasteiger partial charge in [-0.3, -0.25) is 9.78 Å². The molecule has 148 valence electrons. The molecule has 1 fully saturated rings. The second kappa shape index (κ2) is 9.57. The van der Waals surface area contributed by atoms with Crippen molar-refractivity contribution in [2.75, 3.05) is 6.54 Å². The van der Waals surface area contributed by atoms with Crippen LogP contribution in [0.1, 0.15) is 37.8 Å². The molecule has 7 nitrogen and oxygen atoms in total. The van der Waals surface area contributed by atoms with Crippen molar-refractivity contribution in [3.63, 3.8) is 0 Å². The summed E-state index contributed by atoms with van der Waals surface area (Å²) in [6, 6.07) is 13.4. The Morgan fingerprint density at radius 3 is 2.50 bits per heavy atom. The number of hydrogen-bond donors (Lipinski definition) is 1. The molecule has 0 spiro atoms. The zero-order valence-corrected chi connectivity index (χ0v) is 16.4. The van der Waals surface area contributed by atoms with Crippen LogP contribution >= 0.6 is 0 Å². The van der Waals surface area contributed by atoms with E-state index in [1.54, 1.807) is 48.7 Å². The third-order valence-electron chi connectivity index (χ3n) is 4.71. The van der Waals surface area contributed by atoms with Crippen LogP contribution in [-0.4, -0.2) is 42.4 Å². The van der Waals surface area contributed by atoms with Gasteiger partial charge in [-0.05, 0) is 37.1 Å². The maximum atomic E-state index is 13.2. The highest BCUT2D eigenvalue weighted by Gasteiger charge is 2.33. The lowest BCUT2D eigenvalue weighted by molar-refractivity contribution is -0.121. The number of hydrazone groups is 1. The van der Waals surface area contributed by atoms with E-state index >= 15 is 0 Å². The summed E-state index contributed by atoms with van der Waals surface area (Å²) in [5.41, 5.74) is 3.01. The summed E-state index contributed by atoms with van der Waals surface area (Å²) in [5, 5.41) is 3.89. The highest BCUT2D eigenvalue weighted by molar-refractivity contribution is 7.89. The summed E-state index contributed by atoms with van der Waals surface area (Å²) in [6.07, 6.45) is 7.59. The van der Waals surface area contributed by atoms with Gasteiger partial charge in [0, 0.05) is 12.2 Å². The third kappa shape index (κ3) is 5.24. The number of benzene rings is 1. The SMILES string of the molecule is O=C(CN(C1CCCCC1)S(=O)(=O)c1ccccc1)N/N=C/c1ccccn1. The molecule has 1 aromatic heterocycles. The fourth-order valence-corrected chi connectivity index (χ4v) is 4.97. The van der Waals surface area contributed by atoms with Crippen molar-refractivity contribution in [1.82, 2.24) is 14.7 Å². The van der Waals surface area contributed by atoms with Crippen LogP contribution in [0.3, 0.4) is 0 Å². The van der Waals surface area contributed by atoms with Gasteiger partial charge in [0.25, 0.3) is 5.91 Å². The zero-order valence-electron chi connectivity index (χ0n) is 15.6. The first-order valence-corrected chi connectivity index (χ1v) is 10.8. The Morgan fingerprint density at radius 1 is 1.11 bits per heavy atom. The van der Waals surface area contributed by atoms with Gasteiger partial charge in [0.1, 0.15) is 0 Å². The molecule has 0 bridgehead atoms. The lowest BCUT2D eigenvalue weighted by atomic mass is 9.95. The number of aromatic nitrogens is 1. The second-order valence-electron chi connectivity index (χ2n) is 6.70. The Morgan fingerprint density at radius 2 is 1.82 bits per heavy atom. The average Bonchev–Trinajstić information content (AvgIpc) is 2.74. The highest BCUT2D eigenvalue weighted by atomic mass is 32.2. The minimum Gasteiger partial charge on any atom is -0.272 e. The molecule has 1 amide bonds. The predicted octanol–water partition coefficient (Wildman–Crippen LogP) is 2.56. The molecule has 1 aliphatic carbocycles. The first kappa shape index (κ1) is 20.2. The molecule has 1 saturated carbocycles. The summed E-state index contributed by atoms with van der Waals surface area (Å²) >= 11 is 0. The molecule has 0 unspecified atom stereocenters. The van der Waals surface area contributed by atoms with E-state index in [-0.39, 0.29) is 17.5 Å². The minimum absolute atomic E-state index is 0.176. The highest BCUT2D eigenvalue weighted by Crippen LogP contribution is 2.27. The van der Waals surface area contributed by atoms with Crippen LogP contribution in [0.4, 0.5) is 0 Å². The third-order valence-corrected chi connectivity index (χ3v) is 6.62. The van der Waals surface area contributed by atoms with E-state index in [1.807, 2.05) is 6.07 Å². The van der Waals surface area contributed by atoms with Crippen molar-refractivity contribution in [3.05, 3.63) is 60.4 Å². The Hall–Kier alpha value is -2.58. The van der Waals surface area contributed by atoms with E-state index in [1.165, 1.54) is 10.5 Å². The average molecular weight is 401 g/mol. The lowest BCUT2D eigenvalue weighted by Crippen LogP contribution is -2.46. The quantitative estimate of drug-likeness (QED) is 0.571. The van der Waals surface area contributed by atoms with E-state index < -0.39 is 15.9 Å². The molecule has 1 heterocycles. The van der Waals surface area contributed by atoms with E-state index in [0.29, 0.717) is 5.69 Å². The van der Waals surface area contributed by atoms with Gasteiger partial charge in [0.05, 0.1) is 23.3 Å². The van der Waals surface area contributed by atoms with Gasteiger partial charge in [-0.1, -0.05) is 43.5 Å². The number of amides is 1. The zero-order chi connectivity index (χ0) is 19.8. The van der Waals surface area contributed by atoms with Crippen molar-refractivity contribution >= 4 is 22.1 Å². The fraction of sp³-hybridized carbons (Fsp3) is 0.350. The van der Waals surface area contributed by atoms with Crippen molar-refractivity contribution in [1.29, 1.82) is 0 Å². The molecule has 0 atom stereocenters. The van der Waals surface area contributed by atoms with Crippen LogP contribution in [-0.2, 0) is 14.8 Å². The largest absolute Gasteiger partial charge is 0.272 e. The molecule has 2 aromatic rings. The predicted molar refractivity (Wildman–Crippen MR) is 107 cm³/mol. The number of nitrogens with one attached hydrogen (secondary N) is 1. The minimum atomic E-state index is -3.76. The number of carbonyl (C=O) groups excluding carboxylic acids is 1. The number of pyridine rings is 1. The standard InChI is InChI=1S/C20H24N4O3S/c25-20(23-22-15-17-9-7-8-14-21-17)16-24(18-10-3-1-4-11-18)28(26,27)19-12-5-2-6-13-19/h2,5-9,12-15,18H,1,3-4,10-11,16H2,(H,23,25)/b22-15+. The van der Waals surface area contributed by atoms with E-state index in [2.05, 4.69) is 15.5 Å². The molecule has 0 aliphatic heterocycles. The molecular formula is C20H24N4O3S. The molecule has 1 aromatic carbocycles. The van der Waals surface area contributed by atoms with Gasteiger partial charge >= 0.3 is 0 Å². The number of rotatable bonds is 7. The van der Waals surface area contributed by atoms with E-state index in [4.69, 9.17) is 0 Å². The van der Waals surface area contributed by atoms with E-state index in [9.17, 15) is 13.2 Å². The fourth-order valence-electron chi connectivity index (χ4n) is 3.31. The van der Waals surface area contributed by atoms with Crippen LogP contribution in [0.25, 0.3) is 0 Å².